The van der Waals surface area contributed by atoms with E-state index in [9.17, 15) is 0 Å². The molecule has 1 aromatic heterocycles. The van der Waals surface area contributed by atoms with Crippen LogP contribution in [0, 0.1) is 0 Å². The van der Waals surface area contributed by atoms with Crippen molar-refractivity contribution < 1.29 is 0 Å². The molecule has 0 amide bonds. The Kier molecular flexibility index (Phi) is 11.0. The van der Waals surface area contributed by atoms with Crippen LogP contribution in [0.2, 0.25) is 0 Å². The molecule has 0 aliphatic rings. The van der Waals surface area contributed by atoms with Crippen LogP contribution in [-0.2, 0) is 6.54 Å². The fraction of sp³-hybridized carbons (Fsp3) is 0.714. The number of halogens is 1. The number of aromatic nitrogens is 1. The van der Waals surface area contributed by atoms with Gasteiger partial charge in [0.2, 0.25) is 0 Å². The van der Waals surface area contributed by atoms with Crippen LogP contribution in [0.25, 0.3) is 0 Å². The van der Waals surface area contributed by atoms with Crippen LogP contribution in [-0.4, -0.2) is 50.1 Å². The Hall–Kier alpha value is -0.410. The molecule has 1 rings (SSSR count). The summed E-state index contributed by atoms with van der Waals surface area (Å²) in [4.78, 5) is 11.0. The highest BCUT2D eigenvalue weighted by atomic mass is 127. The quantitative estimate of drug-likeness (QED) is 0.305. The van der Waals surface area contributed by atoms with Crippen molar-refractivity contribution in [2.24, 2.45) is 4.99 Å². The predicted octanol–water partition coefficient (Wildman–Crippen LogP) is 2.50. The zero-order valence-electron chi connectivity index (χ0n) is 13.6. The summed E-state index contributed by atoms with van der Waals surface area (Å²) in [6.45, 7) is 7.06. The third kappa shape index (κ3) is 8.57. The van der Waals surface area contributed by atoms with Crippen molar-refractivity contribution in [2.75, 3.05) is 34.2 Å². The summed E-state index contributed by atoms with van der Waals surface area (Å²) in [6, 6.07) is 0. The first-order valence-corrected chi connectivity index (χ1v) is 7.94. The maximum atomic E-state index is 4.60. The molecule has 0 saturated heterocycles. The molecule has 21 heavy (non-hydrogen) atoms. The summed E-state index contributed by atoms with van der Waals surface area (Å²) in [5, 5.41) is 9.85. The van der Waals surface area contributed by atoms with Gasteiger partial charge in [0.15, 0.2) is 5.96 Å². The van der Waals surface area contributed by atoms with Gasteiger partial charge in [0.1, 0.15) is 5.01 Å². The van der Waals surface area contributed by atoms with E-state index >= 15 is 0 Å². The topological polar surface area (TPSA) is 52.6 Å². The molecule has 0 aliphatic carbocycles. The average Bonchev–Trinajstić information content (AvgIpc) is 2.86. The van der Waals surface area contributed by atoms with Gasteiger partial charge >= 0.3 is 0 Å². The molecule has 1 heterocycles. The maximum absolute atomic E-state index is 4.60. The van der Waals surface area contributed by atoms with Gasteiger partial charge in [0.25, 0.3) is 0 Å². The number of hydrogen-bond acceptors (Lipinski definition) is 4. The summed E-state index contributed by atoms with van der Waals surface area (Å²) in [6.07, 6.45) is 1.10. The lowest BCUT2D eigenvalue weighted by Gasteiger charge is -2.12. The predicted molar refractivity (Wildman–Crippen MR) is 103 cm³/mol. The van der Waals surface area contributed by atoms with Crippen LogP contribution in [0.4, 0.5) is 0 Å². The standard InChI is InChI=1S/C14H27N5S.HI/c1-11(2)12-10-20-13(18-12)9-17-14(15-3)16-7-6-8-19(4)5;/h10-11H,6-9H2,1-5H3,(H2,15,16,17);1H. The number of guanidine groups is 1. The minimum Gasteiger partial charge on any atom is -0.356 e. The van der Waals surface area contributed by atoms with Crippen LogP contribution in [0.15, 0.2) is 10.4 Å². The van der Waals surface area contributed by atoms with E-state index in [-0.39, 0.29) is 24.0 Å². The zero-order valence-corrected chi connectivity index (χ0v) is 16.8. The molecule has 0 saturated carbocycles. The second kappa shape index (κ2) is 11.2. The third-order valence-electron chi connectivity index (χ3n) is 2.87. The number of nitrogens with one attached hydrogen (secondary N) is 2. The van der Waals surface area contributed by atoms with Crippen LogP contribution in [0.5, 0.6) is 0 Å². The van der Waals surface area contributed by atoms with Crippen molar-refractivity contribution in [3.63, 3.8) is 0 Å². The Balaban J connectivity index is 0.00000400. The van der Waals surface area contributed by atoms with E-state index in [0.29, 0.717) is 5.92 Å². The van der Waals surface area contributed by atoms with Gasteiger partial charge in [-0.25, -0.2) is 4.98 Å². The molecular weight excluding hydrogens is 397 g/mol. The average molecular weight is 425 g/mol. The highest BCUT2D eigenvalue weighted by Crippen LogP contribution is 2.17. The molecular formula is C14H28IN5S. The number of nitrogens with zero attached hydrogens (tertiary/aromatic N) is 3. The molecule has 5 nitrogen and oxygen atoms in total. The van der Waals surface area contributed by atoms with Crippen LogP contribution < -0.4 is 10.6 Å². The first kappa shape index (κ1) is 20.6. The smallest absolute Gasteiger partial charge is 0.191 e. The zero-order chi connectivity index (χ0) is 15.0. The molecule has 0 bridgehead atoms. The summed E-state index contributed by atoms with van der Waals surface area (Å²) in [5.41, 5.74) is 1.17. The Bertz CT molecular complexity index is 417. The van der Waals surface area contributed by atoms with Crippen molar-refractivity contribution in [3.05, 3.63) is 16.1 Å². The van der Waals surface area contributed by atoms with Crippen LogP contribution in [0.1, 0.15) is 36.9 Å². The fourth-order valence-electron chi connectivity index (χ4n) is 1.65. The van der Waals surface area contributed by atoms with E-state index in [1.807, 2.05) is 0 Å². The van der Waals surface area contributed by atoms with E-state index in [2.05, 4.69) is 58.8 Å². The van der Waals surface area contributed by atoms with Gasteiger partial charge in [0.05, 0.1) is 12.2 Å². The second-order valence-electron chi connectivity index (χ2n) is 5.33. The Morgan fingerprint density at radius 3 is 2.62 bits per heavy atom. The highest BCUT2D eigenvalue weighted by molar-refractivity contribution is 14.0. The molecule has 0 aromatic carbocycles. The van der Waals surface area contributed by atoms with Crippen molar-refractivity contribution in [1.82, 2.24) is 20.5 Å². The van der Waals surface area contributed by atoms with E-state index < -0.39 is 0 Å². The number of thiazole rings is 1. The first-order chi connectivity index (χ1) is 9.52. The van der Waals surface area contributed by atoms with Crippen LogP contribution >= 0.6 is 35.3 Å². The largest absolute Gasteiger partial charge is 0.356 e. The normalized spacial score (nSPS) is 11.7. The van der Waals surface area contributed by atoms with E-state index in [1.54, 1.807) is 18.4 Å². The summed E-state index contributed by atoms with van der Waals surface area (Å²) in [5.74, 6) is 1.33. The Morgan fingerprint density at radius 2 is 2.10 bits per heavy atom. The van der Waals surface area contributed by atoms with Gasteiger partial charge in [-0.3, -0.25) is 4.99 Å². The molecule has 0 spiro atoms. The second-order valence-corrected chi connectivity index (χ2v) is 6.27. The molecule has 0 unspecified atom stereocenters. The van der Waals surface area contributed by atoms with E-state index in [4.69, 9.17) is 0 Å². The van der Waals surface area contributed by atoms with Crippen LogP contribution in [0.3, 0.4) is 0 Å². The molecule has 0 aliphatic heterocycles. The molecule has 1 aromatic rings. The molecule has 0 atom stereocenters. The summed E-state index contributed by atoms with van der Waals surface area (Å²) < 4.78 is 0. The monoisotopic (exact) mass is 425 g/mol. The molecule has 2 N–H and O–H groups in total. The summed E-state index contributed by atoms with van der Waals surface area (Å²) >= 11 is 1.70. The van der Waals surface area contributed by atoms with Gasteiger partial charge in [0, 0.05) is 19.0 Å². The molecule has 122 valence electrons. The lowest BCUT2D eigenvalue weighted by molar-refractivity contribution is 0.399. The van der Waals surface area contributed by atoms with Gasteiger partial charge in [-0.05, 0) is 33.0 Å². The lowest BCUT2D eigenvalue weighted by Crippen LogP contribution is -2.38. The van der Waals surface area contributed by atoms with E-state index in [1.165, 1.54) is 5.69 Å². The van der Waals surface area contributed by atoms with Crippen molar-refractivity contribution in [1.29, 1.82) is 0 Å². The van der Waals surface area contributed by atoms with Gasteiger partial charge < -0.3 is 15.5 Å². The number of aliphatic imine (C=N–C) groups is 1. The molecule has 7 heteroatoms. The number of hydrogen-bond donors (Lipinski definition) is 2. The van der Waals surface area contributed by atoms with Gasteiger partial charge in [-0.2, -0.15) is 0 Å². The maximum Gasteiger partial charge on any atom is 0.191 e. The van der Waals surface area contributed by atoms with Gasteiger partial charge in [-0.1, -0.05) is 13.8 Å². The highest BCUT2D eigenvalue weighted by Gasteiger charge is 2.06. The first-order valence-electron chi connectivity index (χ1n) is 7.06. The van der Waals surface area contributed by atoms with Crippen molar-refractivity contribution in [3.8, 4) is 0 Å². The minimum absolute atomic E-state index is 0. The van der Waals surface area contributed by atoms with Crippen molar-refractivity contribution >= 4 is 41.3 Å². The molecule has 0 radical (unpaired) electrons. The van der Waals surface area contributed by atoms with Gasteiger partial charge in [-0.15, -0.1) is 35.3 Å². The fourth-order valence-corrected chi connectivity index (χ4v) is 2.55. The minimum atomic E-state index is 0. The SMILES string of the molecule is CN=C(NCCCN(C)C)NCc1nc(C(C)C)cs1.I. The molecule has 0 fully saturated rings. The Morgan fingerprint density at radius 1 is 1.38 bits per heavy atom. The van der Waals surface area contributed by atoms with E-state index in [0.717, 1.165) is 37.0 Å². The van der Waals surface area contributed by atoms with Crippen molar-refractivity contribution in [2.45, 2.75) is 32.7 Å². The summed E-state index contributed by atoms with van der Waals surface area (Å²) in [7, 11) is 5.96. The third-order valence-corrected chi connectivity index (χ3v) is 3.73. The number of rotatable bonds is 7. The lowest BCUT2D eigenvalue weighted by atomic mass is 10.2. The Labute approximate surface area is 149 Å².